The molecule has 1 aromatic carbocycles. The lowest BCUT2D eigenvalue weighted by atomic mass is 9.97. The number of nitrogens with two attached hydrogens (primary N) is 1. The zero-order valence-electron chi connectivity index (χ0n) is 12.6. The zero-order chi connectivity index (χ0) is 15.4. The van der Waals surface area contributed by atoms with Crippen LogP contribution < -0.4 is 5.73 Å². The number of methoxy groups -OCH3 is 1. The highest BCUT2D eigenvalue weighted by molar-refractivity contribution is 5.99. The van der Waals surface area contributed by atoms with Crippen molar-refractivity contribution in [3.8, 4) is 0 Å². The van der Waals surface area contributed by atoms with Gasteiger partial charge in [0.15, 0.2) is 0 Å². The van der Waals surface area contributed by atoms with Gasteiger partial charge in [-0.25, -0.2) is 0 Å². The number of anilines is 1. The summed E-state index contributed by atoms with van der Waals surface area (Å²) in [6.45, 7) is 2.59. The van der Waals surface area contributed by atoms with Crippen LogP contribution in [0.3, 0.4) is 0 Å². The molecule has 1 saturated heterocycles. The molecule has 1 aliphatic rings. The van der Waals surface area contributed by atoms with Crippen molar-refractivity contribution in [1.29, 1.82) is 0 Å². The number of piperidine rings is 1. The summed E-state index contributed by atoms with van der Waals surface area (Å²) < 4.78 is 4.73. The van der Waals surface area contributed by atoms with Crippen LogP contribution in [0.1, 0.15) is 41.6 Å². The number of rotatable bonds is 3. The van der Waals surface area contributed by atoms with Crippen LogP contribution in [0, 0.1) is 6.92 Å². The first kappa shape index (κ1) is 15.4. The van der Waals surface area contributed by atoms with E-state index in [1.165, 1.54) is 7.11 Å². The van der Waals surface area contributed by atoms with Gasteiger partial charge in [0.2, 0.25) is 0 Å². The number of amides is 1. The van der Waals surface area contributed by atoms with E-state index in [0.717, 1.165) is 24.8 Å². The number of hydrogen-bond acceptors (Lipinski definition) is 4. The number of carbonyl (C=O) groups excluding carboxylic acids is 2. The van der Waals surface area contributed by atoms with Crippen molar-refractivity contribution in [2.45, 2.75) is 38.6 Å². The van der Waals surface area contributed by atoms with Gasteiger partial charge < -0.3 is 15.4 Å². The fourth-order valence-electron chi connectivity index (χ4n) is 2.77. The van der Waals surface area contributed by atoms with Gasteiger partial charge in [0.25, 0.3) is 5.91 Å². The Bertz CT molecular complexity index is 542. The Morgan fingerprint density at radius 3 is 2.86 bits per heavy atom. The average Bonchev–Trinajstić information content (AvgIpc) is 2.49. The molecule has 0 saturated carbocycles. The van der Waals surface area contributed by atoms with E-state index in [2.05, 4.69) is 0 Å². The maximum atomic E-state index is 12.7. The summed E-state index contributed by atoms with van der Waals surface area (Å²) in [5.41, 5.74) is 7.93. The van der Waals surface area contributed by atoms with Crippen LogP contribution in [0.5, 0.6) is 0 Å². The quantitative estimate of drug-likeness (QED) is 0.683. The van der Waals surface area contributed by atoms with E-state index in [4.69, 9.17) is 10.5 Å². The third-order valence-corrected chi connectivity index (χ3v) is 3.96. The highest BCUT2D eigenvalue weighted by Crippen LogP contribution is 2.24. The second-order valence-corrected chi connectivity index (χ2v) is 5.52. The molecule has 1 heterocycles. The molecule has 114 valence electrons. The normalized spacial score (nSPS) is 18.4. The van der Waals surface area contributed by atoms with Gasteiger partial charge in [-0.3, -0.25) is 9.59 Å². The summed E-state index contributed by atoms with van der Waals surface area (Å²) in [4.78, 5) is 26.0. The molecule has 2 N–H and O–H groups in total. The standard InChI is InChI=1S/C16H22N2O3/c1-11-6-7-14(17)13(9-11)16(20)18-8-4-3-5-12(18)10-15(19)21-2/h6-7,9,12H,3-5,8,10,17H2,1-2H3. The summed E-state index contributed by atoms with van der Waals surface area (Å²) in [6, 6.07) is 5.34. The summed E-state index contributed by atoms with van der Waals surface area (Å²) >= 11 is 0. The molecule has 0 aliphatic carbocycles. The maximum absolute atomic E-state index is 12.7. The zero-order valence-corrected chi connectivity index (χ0v) is 12.6. The van der Waals surface area contributed by atoms with Crippen LogP contribution in [0.4, 0.5) is 5.69 Å². The summed E-state index contributed by atoms with van der Waals surface area (Å²) in [5, 5.41) is 0. The number of hydrogen-bond donors (Lipinski definition) is 1. The smallest absolute Gasteiger partial charge is 0.307 e. The van der Waals surface area contributed by atoms with Crippen molar-refractivity contribution in [2.75, 3.05) is 19.4 Å². The summed E-state index contributed by atoms with van der Waals surface area (Å²) in [7, 11) is 1.37. The second-order valence-electron chi connectivity index (χ2n) is 5.52. The molecule has 1 unspecified atom stereocenters. The highest BCUT2D eigenvalue weighted by Gasteiger charge is 2.30. The number of nitrogen functional groups attached to an aromatic ring is 1. The van der Waals surface area contributed by atoms with Crippen LogP contribution in [-0.2, 0) is 9.53 Å². The van der Waals surface area contributed by atoms with Gasteiger partial charge in [0.1, 0.15) is 0 Å². The molecule has 5 heteroatoms. The number of likely N-dealkylation sites (tertiary alicyclic amines) is 1. The molecule has 1 aliphatic heterocycles. The minimum Gasteiger partial charge on any atom is -0.469 e. The van der Waals surface area contributed by atoms with Crippen LogP contribution in [0.2, 0.25) is 0 Å². The van der Waals surface area contributed by atoms with Gasteiger partial charge in [-0.1, -0.05) is 11.6 Å². The second kappa shape index (κ2) is 6.61. The fraction of sp³-hybridized carbons (Fsp3) is 0.500. The van der Waals surface area contributed by atoms with E-state index in [1.54, 1.807) is 11.0 Å². The van der Waals surface area contributed by atoms with Crippen molar-refractivity contribution in [2.24, 2.45) is 0 Å². The molecule has 2 rings (SSSR count). The first-order valence-corrected chi connectivity index (χ1v) is 7.27. The number of benzene rings is 1. The van der Waals surface area contributed by atoms with Gasteiger partial charge in [0.05, 0.1) is 19.1 Å². The number of carbonyl (C=O) groups is 2. The molecule has 1 atom stereocenters. The number of esters is 1. The van der Waals surface area contributed by atoms with Gasteiger partial charge >= 0.3 is 5.97 Å². The lowest BCUT2D eigenvalue weighted by Crippen LogP contribution is -2.45. The van der Waals surface area contributed by atoms with Crippen LogP contribution in [0.25, 0.3) is 0 Å². The molecular formula is C16H22N2O3. The topological polar surface area (TPSA) is 72.6 Å². The molecule has 1 aromatic rings. The monoisotopic (exact) mass is 290 g/mol. The van der Waals surface area contributed by atoms with E-state index in [9.17, 15) is 9.59 Å². The molecule has 0 aromatic heterocycles. The Kier molecular flexibility index (Phi) is 4.83. The highest BCUT2D eigenvalue weighted by atomic mass is 16.5. The molecule has 0 spiro atoms. The fourth-order valence-corrected chi connectivity index (χ4v) is 2.77. The molecule has 0 bridgehead atoms. The van der Waals surface area contributed by atoms with Gasteiger partial charge in [-0.15, -0.1) is 0 Å². The number of nitrogens with zero attached hydrogens (tertiary/aromatic N) is 1. The molecule has 1 amide bonds. The Hall–Kier alpha value is -2.04. The Morgan fingerprint density at radius 2 is 2.14 bits per heavy atom. The van der Waals surface area contributed by atoms with Crippen molar-refractivity contribution >= 4 is 17.6 Å². The number of ether oxygens (including phenoxy) is 1. The van der Waals surface area contributed by atoms with Crippen LogP contribution in [-0.4, -0.2) is 36.5 Å². The predicted octanol–water partition coefficient (Wildman–Crippen LogP) is 2.14. The minimum atomic E-state index is -0.281. The summed E-state index contributed by atoms with van der Waals surface area (Å²) in [6.07, 6.45) is 3.05. The Balaban J connectivity index is 2.22. The van der Waals surface area contributed by atoms with Gasteiger partial charge in [-0.2, -0.15) is 0 Å². The lowest BCUT2D eigenvalue weighted by molar-refractivity contribution is -0.142. The van der Waals surface area contributed by atoms with E-state index in [1.807, 2.05) is 19.1 Å². The van der Waals surface area contributed by atoms with Gasteiger partial charge in [-0.05, 0) is 38.3 Å². The Morgan fingerprint density at radius 1 is 1.38 bits per heavy atom. The Labute approximate surface area is 125 Å². The molecular weight excluding hydrogens is 268 g/mol. The third kappa shape index (κ3) is 3.54. The lowest BCUT2D eigenvalue weighted by Gasteiger charge is -2.35. The van der Waals surface area contributed by atoms with E-state index >= 15 is 0 Å². The van der Waals surface area contributed by atoms with Crippen LogP contribution in [0.15, 0.2) is 18.2 Å². The van der Waals surface area contributed by atoms with E-state index in [0.29, 0.717) is 17.8 Å². The van der Waals surface area contributed by atoms with E-state index < -0.39 is 0 Å². The first-order chi connectivity index (χ1) is 10.0. The average molecular weight is 290 g/mol. The van der Waals surface area contributed by atoms with Crippen molar-refractivity contribution in [3.63, 3.8) is 0 Å². The van der Waals surface area contributed by atoms with E-state index in [-0.39, 0.29) is 24.3 Å². The maximum Gasteiger partial charge on any atom is 0.307 e. The molecule has 0 radical (unpaired) electrons. The number of aryl methyl sites for hydroxylation is 1. The minimum absolute atomic E-state index is 0.0928. The van der Waals surface area contributed by atoms with Crippen molar-refractivity contribution in [1.82, 2.24) is 4.90 Å². The summed E-state index contributed by atoms with van der Waals surface area (Å²) in [5.74, 6) is -0.373. The van der Waals surface area contributed by atoms with Crippen molar-refractivity contribution in [3.05, 3.63) is 29.3 Å². The first-order valence-electron chi connectivity index (χ1n) is 7.27. The molecule has 5 nitrogen and oxygen atoms in total. The third-order valence-electron chi connectivity index (χ3n) is 3.96. The largest absolute Gasteiger partial charge is 0.469 e. The van der Waals surface area contributed by atoms with Gasteiger partial charge in [0, 0.05) is 18.3 Å². The van der Waals surface area contributed by atoms with Crippen molar-refractivity contribution < 1.29 is 14.3 Å². The molecule has 21 heavy (non-hydrogen) atoms. The predicted molar refractivity (Wildman–Crippen MR) is 80.9 cm³/mol. The molecule has 1 fully saturated rings. The van der Waals surface area contributed by atoms with Crippen LogP contribution >= 0.6 is 0 Å². The SMILES string of the molecule is COC(=O)CC1CCCCN1C(=O)c1cc(C)ccc1N.